The molecular weight excluding hydrogens is 393 g/mol. The molecule has 1 saturated heterocycles. The third-order valence-electron chi connectivity index (χ3n) is 4.35. The molecule has 1 aliphatic heterocycles. The number of aryl methyl sites for hydroxylation is 1. The number of carbonyl (C=O) groups excluding carboxylic acids is 1. The lowest BCUT2D eigenvalue weighted by Gasteiger charge is -2.25. The summed E-state index contributed by atoms with van der Waals surface area (Å²) in [6, 6.07) is 7.03. The average Bonchev–Trinajstić information content (AvgIpc) is 3.25. The number of carbonyl (C=O) groups is 1. The molecule has 2 heterocycles. The minimum atomic E-state index is -0.0840. The first-order valence-electron chi connectivity index (χ1n) is 8.53. The molecule has 0 bridgehead atoms. The van der Waals surface area contributed by atoms with Crippen LogP contribution in [-0.4, -0.2) is 36.7 Å². The van der Waals surface area contributed by atoms with E-state index in [1.54, 1.807) is 29.5 Å². The van der Waals surface area contributed by atoms with E-state index >= 15 is 0 Å². The van der Waals surface area contributed by atoms with Gasteiger partial charge in [0.1, 0.15) is 5.75 Å². The monoisotopic (exact) mass is 413 g/mol. The molecule has 3 rings (SSSR count). The van der Waals surface area contributed by atoms with Gasteiger partial charge in [0.25, 0.3) is 5.91 Å². The minimum Gasteiger partial charge on any atom is -0.482 e. The highest BCUT2D eigenvalue weighted by molar-refractivity contribution is 7.10. The Morgan fingerprint density at radius 1 is 1.38 bits per heavy atom. The van der Waals surface area contributed by atoms with Crippen LogP contribution in [0.2, 0.25) is 10.0 Å². The Balaban J connectivity index is 1.65. The van der Waals surface area contributed by atoms with Gasteiger partial charge in [0.05, 0.1) is 17.7 Å². The number of rotatable bonds is 7. The molecule has 2 aromatic rings. The zero-order valence-electron chi connectivity index (χ0n) is 14.5. The van der Waals surface area contributed by atoms with E-state index in [1.165, 1.54) is 10.4 Å². The molecule has 0 aliphatic carbocycles. The predicted molar refractivity (Wildman–Crippen MR) is 105 cm³/mol. The Labute approximate surface area is 167 Å². The van der Waals surface area contributed by atoms with Gasteiger partial charge in [-0.1, -0.05) is 23.2 Å². The highest BCUT2D eigenvalue weighted by Gasteiger charge is 2.24. The number of ether oxygens (including phenoxy) is 2. The Morgan fingerprint density at radius 2 is 2.23 bits per heavy atom. The first-order valence-corrected chi connectivity index (χ1v) is 10.2. The highest BCUT2D eigenvalue weighted by atomic mass is 35.5. The van der Waals surface area contributed by atoms with Gasteiger partial charge in [0.2, 0.25) is 0 Å². The molecule has 1 atom stereocenters. The quantitative estimate of drug-likeness (QED) is 0.644. The van der Waals surface area contributed by atoms with Crippen LogP contribution < -0.4 is 4.74 Å². The molecule has 26 heavy (non-hydrogen) atoms. The highest BCUT2D eigenvalue weighted by Crippen LogP contribution is 2.27. The summed E-state index contributed by atoms with van der Waals surface area (Å²) < 4.78 is 11.3. The van der Waals surface area contributed by atoms with E-state index in [9.17, 15) is 4.79 Å². The maximum atomic E-state index is 12.8. The fourth-order valence-electron chi connectivity index (χ4n) is 2.85. The molecule has 1 aromatic carbocycles. The largest absolute Gasteiger partial charge is 0.482 e. The lowest BCUT2D eigenvalue weighted by molar-refractivity contribution is -0.135. The van der Waals surface area contributed by atoms with Crippen molar-refractivity contribution >= 4 is 40.4 Å². The molecule has 1 fully saturated rings. The van der Waals surface area contributed by atoms with Crippen molar-refractivity contribution in [1.29, 1.82) is 0 Å². The van der Waals surface area contributed by atoms with Gasteiger partial charge in [0, 0.05) is 23.1 Å². The van der Waals surface area contributed by atoms with E-state index in [2.05, 4.69) is 13.0 Å². The predicted octanol–water partition coefficient (Wildman–Crippen LogP) is 4.95. The van der Waals surface area contributed by atoms with Crippen molar-refractivity contribution in [2.75, 3.05) is 19.8 Å². The summed E-state index contributed by atoms with van der Waals surface area (Å²) in [6.07, 6.45) is 2.12. The van der Waals surface area contributed by atoms with E-state index in [1.807, 2.05) is 10.3 Å². The molecule has 140 valence electrons. The van der Waals surface area contributed by atoms with E-state index in [4.69, 9.17) is 32.7 Å². The topological polar surface area (TPSA) is 38.8 Å². The van der Waals surface area contributed by atoms with Crippen molar-refractivity contribution in [2.24, 2.45) is 0 Å². The zero-order chi connectivity index (χ0) is 18.5. The zero-order valence-corrected chi connectivity index (χ0v) is 16.9. The third kappa shape index (κ3) is 5.13. The average molecular weight is 414 g/mol. The minimum absolute atomic E-state index is 0.0709. The summed E-state index contributed by atoms with van der Waals surface area (Å²) >= 11 is 13.7. The van der Waals surface area contributed by atoms with Crippen LogP contribution in [0.5, 0.6) is 5.75 Å². The van der Waals surface area contributed by atoms with Crippen LogP contribution in [-0.2, 0) is 16.1 Å². The number of benzene rings is 1. The lowest BCUT2D eigenvalue weighted by atomic mass is 10.2. The van der Waals surface area contributed by atoms with Crippen LogP contribution in [0, 0.1) is 6.92 Å². The number of thiophene rings is 1. The van der Waals surface area contributed by atoms with Gasteiger partial charge in [-0.15, -0.1) is 11.3 Å². The van der Waals surface area contributed by atoms with Gasteiger partial charge in [-0.2, -0.15) is 0 Å². The Hall–Kier alpha value is -1.27. The van der Waals surface area contributed by atoms with Gasteiger partial charge in [-0.05, 0) is 55.0 Å². The number of amides is 1. The van der Waals surface area contributed by atoms with Crippen molar-refractivity contribution in [1.82, 2.24) is 4.90 Å². The molecular formula is C19H21Cl2NO3S. The molecule has 1 amide bonds. The van der Waals surface area contributed by atoms with Crippen molar-refractivity contribution in [3.05, 3.63) is 50.1 Å². The van der Waals surface area contributed by atoms with Gasteiger partial charge in [0.15, 0.2) is 6.61 Å². The molecule has 0 N–H and O–H groups in total. The smallest absolute Gasteiger partial charge is 0.260 e. The van der Waals surface area contributed by atoms with Crippen LogP contribution in [0.4, 0.5) is 0 Å². The summed E-state index contributed by atoms with van der Waals surface area (Å²) in [7, 11) is 0. The fourth-order valence-corrected chi connectivity index (χ4v) is 4.23. The standard InChI is InChI=1S/C19H21Cl2NO3S/c1-13-6-8-26-18(13)11-22(10-15-3-2-7-24-15)19(23)12-25-17-5-4-14(20)9-16(17)21/h4-6,8-9,15H,2-3,7,10-12H2,1H3/t15-/m0/s1. The Kier molecular flexibility index (Phi) is 6.81. The van der Waals surface area contributed by atoms with Crippen LogP contribution in [0.1, 0.15) is 23.3 Å². The van der Waals surface area contributed by atoms with E-state index in [0.29, 0.717) is 28.9 Å². The first kappa shape index (κ1) is 19.5. The fraction of sp³-hybridized carbons (Fsp3) is 0.421. The van der Waals surface area contributed by atoms with Crippen LogP contribution in [0.25, 0.3) is 0 Å². The SMILES string of the molecule is Cc1ccsc1CN(C[C@@H]1CCCO1)C(=O)COc1ccc(Cl)cc1Cl. The second-order valence-corrected chi connectivity index (χ2v) is 8.14. The number of halogens is 2. The number of hydrogen-bond donors (Lipinski definition) is 0. The molecule has 4 nitrogen and oxygen atoms in total. The van der Waals surface area contributed by atoms with E-state index in [0.717, 1.165) is 19.4 Å². The molecule has 0 radical (unpaired) electrons. The second-order valence-electron chi connectivity index (χ2n) is 6.30. The molecule has 0 unspecified atom stereocenters. The summed E-state index contributed by atoms with van der Waals surface area (Å²) in [5.41, 5.74) is 1.20. The summed E-state index contributed by atoms with van der Waals surface area (Å²) in [5.74, 6) is 0.369. The summed E-state index contributed by atoms with van der Waals surface area (Å²) in [6.45, 7) is 3.90. The Bertz CT molecular complexity index is 759. The number of hydrogen-bond acceptors (Lipinski definition) is 4. The first-order chi connectivity index (χ1) is 12.5. The van der Waals surface area contributed by atoms with Gasteiger partial charge in [-0.3, -0.25) is 4.79 Å². The maximum Gasteiger partial charge on any atom is 0.260 e. The lowest BCUT2D eigenvalue weighted by Crippen LogP contribution is -2.39. The van der Waals surface area contributed by atoms with Gasteiger partial charge >= 0.3 is 0 Å². The summed E-state index contributed by atoms with van der Waals surface area (Å²) in [5, 5.41) is 2.97. The molecule has 7 heteroatoms. The third-order valence-corrected chi connectivity index (χ3v) is 5.89. The normalized spacial score (nSPS) is 16.7. The Morgan fingerprint density at radius 3 is 2.88 bits per heavy atom. The van der Waals surface area contributed by atoms with Crippen molar-refractivity contribution < 1.29 is 14.3 Å². The summed E-state index contributed by atoms with van der Waals surface area (Å²) in [4.78, 5) is 15.8. The van der Waals surface area contributed by atoms with Crippen LogP contribution >= 0.6 is 34.5 Å². The molecule has 0 saturated carbocycles. The van der Waals surface area contributed by atoms with E-state index in [-0.39, 0.29) is 18.6 Å². The van der Waals surface area contributed by atoms with Crippen LogP contribution in [0.15, 0.2) is 29.6 Å². The van der Waals surface area contributed by atoms with Crippen molar-refractivity contribution in [2.45, 2.75) is 32.4 Å². The molecule has 1 aliphatic rings. The van der Waals surface area contributed by atoms with Crippen molar-refractivity contribution in [3.8, 4) is 5.75 Å². The number of nitrogens with zero attached hydrogens (tertiary/aromatic N) is 1. The molecule has 1 aromatic heterocycles. The van der Waals surface area contributed by atoms with E-state index < -0.39 is 0 Å². The molecule has 0 spiro atoms. The van der Waals surface area contributed by atoms with Crippen LogP contribution in [0.3, 0.4) is 0 Å². The van der Waals surface area contributed by atoms with Crippen molar-refractivity contribution in [3.63, 3.8) is 0 Å². The van der Waals surface area contributed by atoms with Gasteiger partial charge in [-0.25, -0.2) is 0 Å². The van der Waals surface area contributed by atoms with Gasteiger partial charge < -0.3 is 14.4 Å². The second kappa shape index (κ2) is 9.09. The maximum absolute atomic E-state index is 12.8.